The van der Waals surface area contributed by atoms with Gasteiger partial charge in [0.25, 0.3) is 0 Å². The van der Waals surface area contributed by atoms with E-state index in [0.29, 0.717) is 19.7 Å². The van der Waals surface area contributed by atoms with E-state index in [1.807, 2.05) is 0 Å². The van der Waals surface area contributed by atoms with Crippen molar-refractivity contribution in [2.75, 3.05) is 33.9 Å². The predicted octanol–water partition coefficient (Wildman–Crippen LogP) is 0.0212. The van der Waals surface area contributed by atoms with E-state index in [0.717, 1.165) is 19.3 Å². The molecule has 0 spiro atoms. The summed E-state index contributed by atoms with van der Waals surface area (Å²) in [6.45, 7) is 1.35. The molecule has 5 heteroatoms. The Balaban J connectivity index is 2.00. The van der Waals surface area contributed by atoms with Crippen LogP contribution >= 0.6 is 0 Å². The molecule has 0 bridgehead atoms. The van der Waals surface area contributed by atoms with Crippen LogP contribution in [0.15, 0.2) is 0 Å². The lowest BCUT2D eigenvalue weighted by molar-refractivity contribution is -0.151. The average Bonchev–Trinajstić information content (AvgIpc) is 2.64. The number of β-amino-alcohol motifs (C(OH)–C–C–N with tert-alkyl or cyclic N) is 1. The first kappa shape index (κ1) is 12.8. The number of aliphatic hydroxyl groups is 1. The lowest BCUT2D eigenvalue weighted by Crippen LogP contribution is -2.50. The largest absolute Gasteiger partial charge is 0.388 e. The number of methoxy groups -OCH3 is 2. The van der Waals surface area contributed by atoms with E-state index in [2.05, 4.69) is 0 Å². The van der Waals surface area contributed by atoms with E-state index in [1.165, 1.54) is 0 Å². The molecule has 0 aromatic carbocycles. The summed E-state index contributed by atoms with van der Waals surface area (Å²) in [6, 6.07) is 0. The highest BCUT2D eigenvalue weighted by atomic mass is 16.5. The quantitative estimate of drug-likeness (QED) is 0.756. The van der Waals surface area contributed by atoms with Crippen LogP contribution < -0.4 is 0 Å². The van der Waals surface area contributed by atoms with Crippen molar-refractivity contribution in [3.63, 3.8) is 0 Å². The minimum atomic E-state index is -0.566. The van der Waals surface area contributed by atoms with Gasteiger partial charge in [0.15, 0.2) is 0 Å². The summed E-state index contributed by atoms with van der Waals surface area (Å²) in [6.07, 6.45) is 2.05. The topological polar surface area (TPSA) is 59.0 Å². The van der Waals surface area contributed by atoms with Crippen molar-refractivity contribution in [3.05, 3.63) is 0 Å². The molecule has 1 saturated heterocycles. The van der Waals surface area contributed by atoms with Crippen LogP contribution in [0.2, 0.25) is 0 Å². The van der Waals surface area contributed by atoms with Gasteiger partial charge in [-0.1, -0.05) is 6.42 Å². The molecule has 17 heavy (non-hydrogen) atoms. The van der Waals surface area contributed by atoms with Crippen LogP contribution in [-0.2, 0) is 14.3 Å². The molecule has 0 aromatic heterocycles. The first-order valence-corrected chi connectivity index (χ1v) is 6.12. The molecular weight excluding hydrogens is 222 g/mol. The summed E-state index contributed by atoms with van der Waals surface area (Å²) >= 11 is 0. The molecule has 0 aromatic rings. The SMILES string of the molecule is COCC1(C(=O)N2C[C@@H](O)[C@H](OC)C2)CCC1. The van der Waals surface area contributed by atoms with Gasteiger partial charge in [-0.25, -0.2) is 0 Å². The zero-order valence-corrected chi connectivity index (χ0v) is 10.5. The highest BCUT2D eigenvalue weighted by Crippen LogP contribution is 2.43. The first-order valence-electron chi connectivity index (χ1n) is 6.12. The molecule has 1 aliphatic heterocycles. The zero-order valence-electron chi connectivity index (χ0n) is 10.5. The van der Waals surface area contributed by atoms with Gasteiger partial charge < -0.3 is 19.5 Å². The van der Waals surface area contributed by atoms with Crippen molar-refractivity contribution < 1.29 is 19.4 Å². The Morgan fingerprint density at radius 3 is 2.53 bits per heavy atom. The summed E-state index contributed by atoms with van der Waals surface area (Å²) in [5.41, 5.74) is -0.336. The fourth-order valence-corrected chi connectivity index (χ4v) is 2.79. The lowest BCUT2D eigenvalue weighted by atomic mass is 9.68. The first-order chi connectivity index (χ1) is 8.13. The van der Waals surface area contributed by atoms with Crippen molar-refractivity contribution in [1.82, 2.24) is 4.90 Å². The second-order valence-corrected chi connectivity index (χ2v) is 5.12. The molecule has 1 amide bonds. The Labute approximate surface area is 102 Å². The third-order valence-electron chi connectivity index (χ3n) is 4.01. The van der Waals surface area contributed by atoms with E-state index < -0.39 is 6.10 Å². The number of ether oxygens (including phenoxy) is 2. The summed E-state index contributed by atoms with van der Waals surface area (Å²) in [5, 5.41) is 9.74. The number of carbonyl (C=O) groups is 1. The summed E-state index contributed by atoms with van der Waals surface area (Å²) in [4.78, 5) is 14.1. The van der Waals surface area contributed by atoms with Crippen LogP contribution in [0.3, 0.4) is 0 Å². The number of aliphatic hydroxyl groups excluding tert-OH is 1. The number of likely N-dealkylation sites (tertiary alicyclic amines) is 1. The van der Waals surface area contributed by atoms with Gasteiger partial charge in [-0.3, -0.25) is 4.79 Å². The molecule has 1 heterocycles. The van der Waals surface area contributed by atoms with E-state index in [9.17, 15) is 9.90 Å². The van der Waals surface area contributed by atoms with Crippen molar-refractivity contribution in [1.29, 1.82) is 0 Å². The Morgan fingerprint density at radius 2 is 2.12 bits per heavy atom. The second-order valence-electron chi connectivity index (χ2n) is 5.12. The van der Waals surface area contributed by atoms with Crippen LogP contribution in [0.4, 0.5) is 0 Å². The fourth-order valence-electron chi connectivity index (χ4n) is 2.79. The Bertz CT molecular complexity index is 290. The molecule has 2 aliphatic rings. The van der Waals surface area contributed by atoms with Crippen molar-refractivity contribution in [2.24, 2.45) is 5.41 Å². The smallest absolute Gasteiger partial charge is 0.231 e. The Morgan fingerprint density at radius 1 is 1.41 bits per heavy atom. The lowest BCUT2D eigenvalue weighted by Gasteiger charge is -2.42. The molecular formula is C12H21NO4. The van der Waals surface area contributed by atoms with Crippen LogP contribution in [0.5, 0.6) is 0 Å². The third-order valence-corrected chi connectivity index (χ3v) is 4.01. The predicted molar refractivity (Wildman–Crippen MR) is 61.5 cm³/mol. The van der Waals surface area contributed by atoms with E-state index in [1.54, 1.807) is 19.1 Å². The summed E-state index contributed by atoms with van der Waals surface area (Å²) in [5.74, 6) is 0.115. The molecule has 2 rings (SSSR count). The van der Waals surface area contributed by atoms with Crippen LogP contribution in [0.25, 0.3) is 0 Å². The van der Waals surface area contributed by atoms with Gasteiger partial charge in [-0.15, -0.1) is 0 Å². The van der Waals surface area contributed by atoms with Gasteiger partial charge >= 0.3 is 0 Å². The number of rotatable bonds is 4. The van der Waals surface area contributed by atoms with E-state index in [-0.39, 0.29) is 17.4 Å². The number of hydrogen-bond acceptors (Lipinski definition) is 4. The minimum absolute atomic E-state index is 0.115. The molecule has 1 aliphatic carbocycles. The Hall–Kier alpha value is -0.650. The van der Waals surface area contributed by atoms with Gasteiger partial charge in [0.2, 0.25) is 5.91 Å². The molecule has 5 nitrogen and oxygen atoms in total. The molecule has 0 radical (unpaired) electrons. The fraction of sp³-hybridized carbons (Fsp3) is 0.917. The summed E-state index contributed by atoms with van der Waals surface area (Å²) in [7, 11) is 3.19. The zero-order chi connectivity index (χ0) is 12.5. The van der Waals surface area contributed by atoms with Crippen molar-refractivity contribution in [2.45, 2.75) is 31.5 Å². The molecule has 1 N–H and O–H groups in total. The van der Waals surface area contributed by atoms with Gasteiger partial charge in [-0.2, -0.15) is 0 Å². The van der Waals surface area contributed by atoms with Crippen LogP contribution in [0.1, 0.15) is 19.3 Å². The minimum Gasteiger partial charge on any atom is -0.388 e. The number of hydrogen-bond donors (Lipinski definition) is 1. The third kappa shape index (κ3) is 2.19. The molecule has 1 saturated carbocycles. The van der Waals surface area contributed by atoms with Gasteiger partial charge in [0.05, 0.1) is 18.1 Å². The summed E-state index contributed by atoms with van der Waals surface area (Å²) < 4.78 is 10.3. The van der Waals surface area contributed by atoms with Gasteiger partial charge in [0.1, 0.15) is 6.10 Å². The Kier molecular flexibility index (Phi) is 3.70. The highest BCUT2D eigenvalue weighted by molar-refractivity contribution is 5.84. The van der Waals surface area contributed by atoms with Crippen molar-refractivity contribution >= 4 is 5.91 Å². The van der Waals surface area contributed by atoms with E-state index in [4.69, 9.17) is 9.47 Å². The molecule has 2 atom stereocenters. The number of amides is 1. The molecule has 0 unspecified atom stereocenters. The number of carbonyl (C=O) groups excluding carboxylic acids is 1. The normalized spacial score (nSPS) is 31.4. The van der Waals surface area contributed by atoms with Crippen molar-refractivity contribution in [3.8, 4) is 0 Å². The monoisotopic (exact) mass is 243 g/mol. The maximum atomic E-state index is 12.4. The molecule has 98 valence electrons. The average molecular weight is 243 g/mol. The van der Waals surface area contributed by atoms with Crippen LogP contribution in [-0.4, -0.2) is 62.0 Å². The highest BCUT2D eigenvalue weighted by Gasteiger charge is 2.48. The maximum Gasteiger partial charge on any atom is 0.231 e. The molecule has 2 fully saturated rings. The van der Waals surface area contributed by atoms with Crippen LogP contribution in [0, 0.1) is 5.41 Å². The second kappa shape index (κ2) is 4.92. The standard InChI is InChI=1S/C12H21NO4/c1-16-8-12(4-3-5-12)11(15)13-6-9(14)10(7-13)17-2/h9-10,14H,3-8H2,1-2H3/t9-,10-/m1/s1. The van der Waals surface area contributed by atoms with Gasteiger partial charge in [-0.05, 0) is 12.8 Å². The van der Waals surface area contributed by atoms with E-state index >= 15 is 0 Å². The maximum absolute atomic E-state index is 12.4. The number of nitrogens with zero attached hydrogens (tertiary/aromatic N) is 1. The van der Waals surface area contributed by atoms with Gasteiger partial charge in [0, 0.05) is 27.3 Å².